The van der Waals surface area contributed by atoms with E-state index in [2.05, 4.69) is 21.4 Å². The van der Waals surface area contributed by atoms with Crippen LogP contribution in [0.2, 0.25) is 0 Å². The summed E-state index contributed by atoms with van der Waals surface area (Å²) in [5.74, 6) is 0.353. The number of hydrogen-bond donors (Lipinski definition) is 1. The van der Waals surface area contributed by atoms with Gasteiger partial charge in [-0.2, -0.15) is 5.10 Å². The van der Waals surface area contributed by atoms with Crippen molar-refractivity contribution in [2.75, 3.05) is 20.3 Å². The van der Waals surface area contributed by atoms with Crippen molar-refractivity contribution >= 4 is 44.4 Å². The van der Waals surface area contributed by atoms with Gasteiger partial charge < -0.3 is 18.9 Å². The summed E-state index contributed by atoms with van der Waals surface area (Å²) in [6.07, 6.45) is 10.4. The molecule has 2 aromatic heterocycles. The Morgan fingerprint density at radius 3 is 2.57 bits per heavy atom. The van der Waals surface area contributed by atoms with Gasteiger partial charge in [0.1, 0.15) is 5.75 Å². The smallest absolute Gasteiger partial charge is 0.264 e. The lowest BCUT2D eigenvalue weighted by Gasteiger charge is -2.27. The van der Waals surface area contributed by atoms with E-state index in [1.165, 1.54) is 12.0 Å². The molecule has 2 unspecified atom stereocenters. The summed E-state index contributed by atoms with van der Waals surface area (Å²) in [5, 5.41) is 5.02. The van der Waals surface area contributed by atoms with Crippen LogP contribution < -0.4 is 9.46 Å². The molecule has 0 radical (unpaired) electrons. The first-order valence-corrected chi connectivity index (χ1v) is 19.7. The maximum atomic E-state index is 14.3. The Morgan fingerprint density at radius 1 is 1.08 bits per heavy atom. The molecule has 2 bridgehead atoms. The van der Waals surface area contributed by atoms with E-state index < -0.39 is 21.2 Å². The number of ether oxygens (including phenoxy) is 2. The molecule has 2 atom stereocenters. The van der Waals surface area contributed by atoms with E-state index in [0.717, 1.165) is 76.8 Å². The van der Waals surface area contributed by atoms with Gasteiger partial charge in [-0.15, -0.1) is 0 Å². The topological polar surface area (TPSA) is 125 Å². The molecule has 2 aromatic carbocycles. The number of aromatic nitrogens is 3. The first-order valence-electron chi connectivity index (χ1n) is 18.2. The summed E-state index contributed by atoms with van der Waals surface area (Å²) < 4.78 is 43.4. The number of carbonyl (C=O) groups is 2. The number of sulfonamides is 1. The highest BCUT2D eigenvalue weighted by molar-refractivity contribution is 7.90. The van der Waals surface area contributed by atoms with E-state index in [1.807, 2.05) is 40.8 Å². The number of benzene rings is 2. The molecule has 1 aliphatic carbocycles. The third-order valence-corrected chi connectivity index (χ3v) is 13.0. The third-order valence-electron chi connectivity index (χ3n) is 11.2. The predicted molar refractivity (Wildman–Crippen MR) is 196 cm³/mol. The van der Waals surface area contributed by atoms with Crippen LogP contribution in [0.3, 0.4) is 0 Å². The zero-order valence-corrected chi connectivity index (χ0v) is 30.5. The van der Waals surface area contributed by atoms with Crippen molar-refractivity contribution in [3.63, 3.8) is 0 Å². The Morgan fingerprint density at radius 2 is 1.88 bits per heavy atom. The lowest BCUT2D eigenvalue weighted by atomic mass is 9.81. The lowest BCUT2D eigenvalue weighted by molar-refractivity contribution is 0.0259. The van der Waals surface area contributed by atoms with Gasteiger partial charge in [-0.05, 0) is 99.1 Å². The molecule has 268 valence electrons. The SMILES string of the molecule is CCn1ncc(C(=O)N2CC3CC2CO3)c1C1=Cc2cc(OC)ccc2-c2c(C3CCCCC3)c3ccc(C(=O)NS(=O)(=O)C(C)C)cc3n2C1. The number of nitrogens with one attached hydrogen (secondary N) is 1. The highest BCUT2D eigenvalue weighted by atomic mass is 32.2. The minimum atomic E-state index is -3.83. The Labute approximate surface area is 298 Å². The van der Waals surface area contributed by atoms with Crippen LogP contribution in [0.15, 0.2) is 42.6 Å². The zero-order chi connectivity index (χ0) is 35.6. The van der Waals surface area contributed by atoms with E-state index in [1.54, 1.807) is 33.2 Å². The maximum Gasteiger partial charge on any atom is 0.264 e. The second-order valence-electron chi connectivity index (χ2n) is 14.6. The molecular formula is C39H45N5O6S. The number of morpholine rings is 1. The second-order valence-corrected chi connectivity index (χ2v) is 16.8. The number of allylic oxidation sites excluding steroid dienone is 1. The summed E-state index contributed by atoms with van der Waals surface area (Å²) in [6.45, 7) is 7.23. The molecule has 2 saturated heterocycles. The van der Waals surface area contributed by atoms with E-state index in [9.17, 15) is 18.0 Å². The molecule has 4 aliphatic rings. The quantitative estimate of drug-likeness (QED) is 0.230. The van der Waals surface area contributed by atoms with Crippen molar-refractivity contribution in [3.8, 4) is 17.0 Å². The normalized spacial score (nSPS) is 20.3. The molecule has 3 fully saturated rings. The van der Waals surface area contributed by atoms with Crippen molar-refractivity contribution in [2.45, 2.75) is 95.7 Å². The predicted octanol–water partition coefficient (Wildman–Crippen LogP) is 6.22. The number of fused-ring (bicyclic) bond motifs is 7. The standard InChI is InChI=1S/C39H45N5O6S/c1-5-44-36(33(19-40-44)39(46)42-21-30-18-28(42)22-50-30)27-15-26-16-29(49-4)12-14-31(26)37-35(24-9-7-6-8-10-24)32-13-11-25(17-34(32)43(37)20-27)38(45)41-51(47,48)23(2)3/h11-17,19,23-24,28,30H,5-10,18,20-22H2,1-4H3,(H,41,45). The summed E-state index contributed by atoms with van der Waals surface area (Å²) in [6, 6.07) is 11.8. The number of aryl methyl sites for hydroxylation is 1. The number of carbonyl (C=O) groups excluding carboxylic acids is 2. The molecule has 1 N–H and O–H groups in total. The van der Waals surface area contributed by atoms with E-state index >= 15 is 0 Å². The van der Waals surface area contributed by atoms with Crippen LogP contribution >= 0.6 is 0 Å². The summed E-state index contributed by atoms with van der Waals surface area (Å²) >= 11 is 0. The highest BCUT2D eigenvalue weighted by Crippen LogP contribution is 2.48. The maximum absolute atomic E-state index is 14.3. The highest BCUT2D eigenvalue weighted by Gasteiger charge is 2.43. The number of likely N-dealkylation sites (tertiary alicyclic amines) is 1. The van der Waals surface area contributed by atoms with Crippen LogP contribution in [-0.4, -0.2) is 77.1 Å². The van der Waals surface area contributed by atoms with Crippen molar-refractivity contribution in [2.24, 2.45) is 0 Å². The second kappa shape index (κ2) is 13.0. The number of amides is 2. The van der Waals surface area contributed by atoms with Gasteiger partial charge in [0.2, 0.25) is 10.0 Å². The van der Waals surface area contributed by atoms with Crippen LogP contribution in [0.25, 0.3) is 33.8 Å². The van der Waals surface area contributed by atoms with Gasteiger partial charge in [-0.3, -0.25) is 14.3 Å². The van der Waals surface area contributed by atoms with Crippen LogP contribution in [0.4, 0.5) is 0 Å². The molecular weight excluding hydrogens is 667 g/mol. The monoisotopic (exact) mass is 711 g/mol. The fourth-order valence-electron chi connectivity index (χ4n) is 8.56. The van der Waals surface area contributed by atoms with Gasteiger partial charge in [-0.25, -0.2) is 13.1 Å². The van der Waals surface area contributed by atoms with Crippen LogP contribution in [0, 0.1) is 0 Å². The number of hydrogen-bond acceptors (Lipinski definition) is 7. The van der Waals surface area contributed by atoms with Gasteiger partial charge >= 0.3 is 0 Å². The molecule has 5 heterocycles. The average molecular weight is 712 g/mol. The number of methoxy groups -OCH3 is 1. The Hall–Kier alpha value is -4.42. The number of rotatable bonds is 8. The fourth-order valence-corrected chi connectivity index (χ4v) is 9.17. The molecule has 8 rings (SSSR count). The minimum Gasteiger partial charge on any atom is -0.497 e. The minimum absolute atomic E-state index is 0.0395. The third kappa shape index (κ3) is 5.76. The molecule has 11 nitrogen and oxygen atoms in total. The Balaban J connectivity index is 1.34. The van der Waals surface area contributed by atoms with Crippen LogP contribution in [0.1, 0.15) is 103 Å². The van der Waals surface area contributed by atoms with Crippen molar-refractivity contribution < 1.29 is 27.5 Å². The average Bonchev–Trinajstić information content (AvgIpc) is 3.92. The summed E-state index contributed by atoms with van der Waals surface area (Å²) in [4.78, 5) is 29.7. The first-order chi connectivity index (χ1) is 24.6. The molecule has 51 heavy (non-hydrogen) atoms. The van der Waals surface area contributed by atoms with Crippen molar-refractivity contribution in [1.29, 1.82) is 0 Å². The molecule has 0 spiro atoms. The molecule has 1 saturated carbocycles. The van der Waals surface area contributed by atoms with Gasteiger partial charge in [-0.1, -0.05) is 25.3 Å². The summed E-state index contributed by atoms with van der Waals surface area (Å²) in [5.41, 5.74) is 7.71. The first kappa shape index (κ1) is 33.7. The molecule has 3 aliphatic heterocycles. The largest absolute Gasteiger partial charge is 0.497 e. The van der Waals surface area contributed by atoms with E-state index in [-0.39, 0.29) is 23.6 Å². The van der Waals surface area contributed by atoms with Crippen molar-refractivity contribution in [1.82, 2.24) is 24.0 Å². The fraction of sp³-hybridized carbons (Fsp3) is 0.462. The Kier molecular flexibility index (Phi) is 8.57. The lowest BCUT2D eigenvalue weighted by Crippen LogP contribution is -2.41. The van der Waals surface area contributed by atoms with Crippen LogP contribution in [0.5, 0.6) is 5.75 Å². The van der Waals surface area contributed by atoms with Gasteiger partial charge in [0, 0.05) is 35.1 Å². The van der Waals surface area contributed by atoms with Gasteiger partial charge in [0.05, 0.1) is 60.8 Å². The zero-order valence-electron chi connectivity index (χ0n) is 29.6. The van der Waals surface area contributed by atoms with E-state index in [0.29, 0.717) is 37.7 Å². The van der Waals surface area contributed by atoms with Crippen LogP contribution in [-0.2, 0) is 27.8 Å². The molecule has 12 heteroatoms. The molecule has 4 aromatic rings. The Bertz CT molecular complexity index is 2190. The van der Waals surface area contributed by atoms with E-state index in [4.69, 9.17) is 14.6 Å². The number of nitrogens with zero attached hydrogens (tertiary/aromatic N) is 4. The van der Waals surface area contributed by atoms with Crippen molar-refractivity contribution in [3.05, 3.63) is 70.5 Å². The van der Waals surface area contributed by atoms with Gasteiger partial charge in [0.15, 0.2) is 0 Å². The van der Waals surface area contributed by atoms with Gasteiger partial charge in [0.25, 0.3) is 11.8 Å². The molecule has 2 amide bonds. The summed E-state index contributed by atoms with van der Waals surface area (Å²) in [7, 11) is -2.17.